The van der Waals surface area contributed by atoms with Crippen LogP contribution in [-0.2, 0) is 4.74 Å². The van der Waals surface area contributed by atoms with Crippen LogP contribution in [0.4, 0.5) is 4.79 Å². The molecule has 4 atom stereocenters. The maximum absolute atomic E-state index is 13.1. The van der Waals surface area contributed by atoms with E-state index in [1.165, 1.54) is 18.3 Å². The lowest BCUT2D eigenvalue weighted by Crippen LogP contribution is -2.50. The fraction of sp³-hybridized carbons (Fsp3) is 0.682. The van der Waals surface area contributed by atoms with E-state index in [4.69, 9.17) is 4.74 Å². The maximum atomic E-state index is 13.1. The van der Waals surface area contributed by atoms with Gasteiger partial charge in [0.05, 0.1) is 17.7 Å². The molecule has 166 valence electrons. The number of nitrogens with one attached hydrogen (secondary N) is 2. The van der Waals surface area contributed by atoms with Crippen LogP contribution in [0.25, 0.3) is 0 Å². The monoisotopic (exact) mass is 419 g/mol. The second-order valence-electron chi connectivity index (χ2n) is 9.72. The van der Waals surface area contributed by atoms with Crippen LogP contribution in [0.2, 0.25) is 0 Å². The number of hydrogen-bond acceptors (Lipinski definition) is 5. The first-order valence-electron chi connectivity index (χ1n) is 10.7. The molecule has 3 N–H and O–H groups in total. The zero-order valence-electron chi connectivity index (χ0n) is 18.2. The first-order chi connectivity index (χ1) is 14.0. The Morgan fingerprint density at radius 3 is 2.63 bits per heavy atom. The molecule has 3 rings (SSSR count). The lowest BCUT2D eigenvalue weighted by molar-refractivity contribution is -0.00901. The normalized spacial score (nSPS) is 29.1. The Hall–Kier alpha value is -2.35. The summed E-state index contributed by atoms with van der Waals surface area (Å²) in [6.45, 7) is 7.77. The maximum Gasteiger partial charge on any atom is 0.410 e. The molecule has 8 nitrogen and oxygen atoms in total. The highest BCUT2D eigenvalue weighted by molar-refractivity contribution is 5.93. The summed E-state index contributed by atoms with van der Waals surface area (Å²) in [5.74, 6) is -0.326. The fourth-order valence-electron chi connectivity index (χ4n) is 4.77. The minimum absolute atomic E-state index is 0.139. The predicted octanol–water partition coefficient (Wildman–Crippen LogP) is 2.42. The summed E-state index contributed by atoms with van der Waals surface area (Å²) in [5, 5.41) is 13.7. The first-order valence-corrected chi connectivity index (χ1v) is 10.7. The van der Waals surface area contributed by atoms with Gasteiger partial charge in [-0.25, -0.2) is 4.79 Å². The summed E-state index contributed by atoms with van der Waals surface area (Å²) < 4.78 is 5.68. The molecule has 0 unspecified atom stereocenters. The minimum Gasteiger partial charge on any atom is -0.444 e. The summed E-state index contributed by atoms with van der Waals surface area (Å²) in [5.41, 5.74) is -1.01. The second-order valence-corrected chi connectivity index (χ2v) is 9.72. The molecule has 0 aromatic carbocycles. The summed E-state index contributed by atoms with van der Waals surface area (Å²) in [6, 6.07) is 2.34. The highest BCUT2D eigenvalue weighted by Gasteiger charge is 2.55. The summed E-state index contributed by atoms with van der Waals surface area (Å²) in [7, 11) is 0. The fourth-order valence-corrected chi connectivity index (χ4v) is 4.77. The topological polar surface area (TPSA) is 112 Å². The third-order valence-electron chi connectivity index (χ3n) is 6.28. The predicted molar refractivity (Wildman–Crippen MR) is 112 cm³/mol. The van der Waals surface area contributed by atoms with Crippen LogP contribution in [0.1, 0.15) is 70.2 Å². The molecule has 1 aromatic heterocycles. The van der Waals surface area contributed by atoms with Gasteiger partial charge < -0.3 is 20.1 Å². The molecule has 2 fully saturated rings. The van der Waals surface area contributed by atoms with E-state index in [9.17, 15) is 19.5 Å². The van der Waals surface area contributed by atoms with Crippen molar-refractivity contribution in [2.24, 2.45) is 5.41 Å². The van der Waals surface area contributed by atoms with Gasteiger partial charge in [-0.2, -0.15) is 0 Å². The van der Waals surface area contributed by atoms with Crippen molar-refractivity contribution in [3.8, 4) is 0 Å². The number of aliphatic hydroxyl groups excluding tert-OH is 1. The Kier molecular flexibility index (Phi) is 6.26. The zero-order chi connectivity index (χ0) is 22.1. The number of hydrogen-bond donors (Lipinski definition) is 3. The van der Waals surface area contributed by atoms with Gasteiger partial charge in [0, 0.05) is 30.3 Å². The van der Waals surface area contributed by atoms with E-state index >= 15 is 0 Å². The van der Waals surface area contributed by atoms with Gasteiger partial charge in [0.15, 0.2) is 0 Å². The first kappa shape index (κ1) is 22.3. The molecular formula is C22H33N3O5. The lowest BCUT2D eigenvalue weighted by Gasteiger charge is -2.37. The Morgan fingerprint density at radius 2 is 2.00 bits per heavy atom. The molecular weight excluding hydrogens is 386 g/mol. The van der Waals surface area contributed by atoms with E-state index in [1.807, 2.05) is 27.7 Å². The number of nitrogens with zero attached hydrogens (tertiary/aromatic N) is 1. The number of carbonyl (C=O) groups is 2. The standard InChI is InChI=1S/C22H33N3O5/c1-21(2,3)30-20(29)25-15(11-22(4)16(25)7-5-6-8-17(22)26)13-24-19(28)14-9-10-18(27)23-12-14/h9-10,12,15-17,26H,5-8,11,13H2,1-4H3,(H,23,27)(H,24,28)/t15-,16-,17+,22-/m1/s1. The summed E-state index contributed by atoms with van der Waals surface area (Å²) in [4.78, 5) is 41.1. The number of fused-ring (bicyclic) bond motifs is 1. The summed E-state index contributed by atoms with van der Waals surface area (Å²) in [6.07, 6.45) is 4.43. The van der Waals surface area contributed by atoms with Crippen LogP contribution in [0.3, 0.4) is 0 Å². The largest absolute Gasteiger partial charge is 0.444 e. The lowest BCUT2D eigenvalue weighted by atomic mass is 9.75. The van der Waals surface area contributed by atoms with Gasteiger partial charge in [-0.15, -0.1) is 0 Å². The summed E-state index contributed by atoms with van der Waals surface area (Å²) >= 11 is 0. The number of carbonyl (C=O) groups excluding carboxylic acids is 2. The van der Waals surface area contributed by atoms with Crippen molar-refractivity contribution >= 4 is 12.0 Å². The molecule has 1 saturated heterocycles. The van der Waals surface area contributed by atoms with Crippen LogP contribution < -0.4 is 10.9 Å². The molecule has 30 heavy (non-hydrogen) atoms. The van der Waals surface area contributed by atoms with Gasteiger partial charge in [-0.3, -0.25) is 14.5 Å². The Bertz CT molecular complexity index is 825. The van der Waals surface area contributed by atoms with Crippen LogP contribution in [-0.4, -0.2) is 57.3 Å². The van der Waals surface area contributed by atoms with E-state index in [0.717, 1.165) is 19.3 Å². The quantitative estimate of drug-likeness (QED) is 0.697. The number of amides is 2. The molecule has 0 radical (unpaired) electrons. The molecule has 1 aliphatic carbocycles. The van der Waals surface area contributed by atoms with Gasteiger partial charge in [0.2, 0.25) is 5.56 Å². The third-order valence-corrected chi connectivity index (χ3v) is 6.28. The van der Waals surface area contributed by atoms with Gasteiger partial charge >= 0.3 is 6.09 Å². The van der Waals surface area contributed by atoms with Gasteiger partial charge in [0.25, 0.3) is 5.91 Å². The van der Waals surface area contributed by atoms with Crippen molar-refractivity contribution in [3.63, 3.8) is 0 Å². The molecule has 1 aromatic rings. The number of likely N-dealkylation sites (tertiary alicyclic amines) is 1. The Morgan fingerprint density at radius 1 is 1.30 bits per heavy atom. The van der Waals surface area contributed by atoms with Crippen LogP contribution in [0, 0.1) is 5.41 Å². The highest BCUT2D eigenvalue weighted by atomic mass is 16.6. The van der Waals surface area contributed by atoms with Crippen LogP contribution >= 0.6 is 0 Å². The number of aromatic amines is 1. The van der Waals surface area contributed by atoms with Crippen LogP contribution in [0.5, 0.6) is 0 Å². The zero-order valence-corrected chi connectivity index (χ0v) is 18.2. The SMILES string of the molecule is CC(C)(C)OC(=O)N1[C@@H](CNC(=O)c2ccc(=O)[nH]c2)C[C@@]2(C)[C@@H](O)CCCC[C@@H]12. The van der Waals surface area contributed by atoms with Crippen molar-refractivity contribution < 1.29 is 19.4 Å². The van der Waals surface area contributed by atoms with Crippen LogP contribution in [0.15, 0.2) is 23.1 Å². The van der Waals surface area contributed by atoms with Gasteiger partial charge in [0.1, 0.15) is 5.60 Å². The van der Waals surface area contributed by atoms with Gasteiger partial charge in [-0.05, 0) is 46.1 Å². The molecule has 2 aliphatic rings. The average molecular weight is 420 g/mol. The van der Waals surface area contributed by atoms with Crippen molar-refractivity contribution in [1.82, 2.24) is 15.2 Å². The molecule has 0 spiro atoms. The van der Waals surface area contributed by atoms with E-state index in [1.54, 1.807) is 4.90 Å². The Balaban J connectivity index is 1.81. The van der Waals surface area contributed by atoms with Crippen molar-refractivity contribution in [2.75, 3.05) is 6.54 Å². The number of pyridine rings is 1. The van der Waals surface area contributed by atoms with E-state index in [0.29, 0.717) is 18.4 Å². The van der Waals surface area contributed by atoms with Gasteiger partial charge in [-0.1, -0.05) is 19.8 Å². The van der Waals surface area contributed by atoms with E-state index < -0.39 is 23.2 Å². The van der Waals surface area contributed by atoms with E-state index in [2.05, 4.69) is 10.3 Å². The number of aromatic nitrogens is 1. The molecule has 8 heteroatoms. The molecule has 2 amide bonds. The molecule has 1 saturated carbocycles. The van der Waals surface area contributed by atoms with E-state index in [-0.39, 0.29) is 30.1 Å². The molecule has 0 bridgehead atoms. The highest BCUT2D eigenvalue weighted by Crippen LogP contribution is 2.48. The van der Waals surface area contributed by atoms with Crippen molar-refractivity contribution in [3.05, 3.63) is 34.2 Å². The minimum atomic E-state index is -0.636. The average Bonchev–Trinajstić information content (AvgIpc) is 2.87. The number of ether oxygens (including phenoxy) is 1. The number of aliphatic hydroxyl groups is 1. The number of H-pyrrole nitrogens is 1. The smallest absolute Gasteiger partial charge is 0.410 e. The third kappa shape index (κ3) is 4.69. The molecule has 1 aliphatic heterocycles. The second kappa shape index (κ2) is 8.41. The molecule has 2 heterocycles. The van der Waals surface area contributed by atoms with Crippen molar-refractivity contribution in [2.45, 2.75) is 83.6 Å². The van der Waals surface area contributed by atoms with Crippen molar-refractivity contribution in [1.29, 1.82) is 0 Å². The Labute approximate surface area is 177 Å². The number of rotatable bonds is 3.